The van der Waals surface area contributed by atoms with E-state index in [0.29, 0.717) is 6.54 Å². The van der Waals surface area contributed by atoms with Gasteiger partial charge in [-0.3, -0.25) is 4.79 Å². The molecule has 0 saturated carbocycles. The van der Waals surface area contributed by atoms with Gasteiger partial charge in [-0.05, 0) is 37.5 Å². The molecule has 0 bridgehead atoms. The lowest BCUT2D eigenvalue weighted by atomic mass is 10.1. The van der Waals surface area contributed by atoms with Crippen LogP contribution < -0.4 is 11.1 Å². The molecule has 0 aliphatic carbocycles. The molecule has 2 aromatic rings. The number of fused-ring (bicyclic) bond motifs is 1. The van der Waals surface area contributed by atoms with Crippen molar-refractivity contribution in [3.63, 3.8) is 0 Å². The number of nitrogens with one attached hydrogen (secondary N) is 1. The molecule has 3 N–H and O–H groups in total. The number of carbonyl (C=O) groups is 1. The summed E-state index contributed by atoms with van der Waals surface area (Å²) in [4.78, 5) is 18.4. The first-order valence-corrected chi connectivity index (χ1v) is 7.72. The zero-order valence-electron chi connectivity index (χ0n) is 11.3. The van der Waals surface area contributed by atoms with Crippen molar-refractivity contribution < 1.29 is 4.79 Å². The number of hydrogen-bond acceptors (Lipinski definition) is 5. The first kappa shape index (κ1) is 13.2. The van der Waals surface area contributed by atoms with E-state index >= 15 is 0 Å². The molecule has 106 valence electrons. The Morgan fingerprint density at radius 1 is 1.35 bits per heavy atom. The van der Waals surface area contributed by atoms with Gasteiger partial charge < -0.3 is 16.0 Å². The largest absolute Gasteiger partial charge is 0.399 e. The molecule has 0 radical (unpaired) electrons. The summed E-state index contributed by atoms with van der Waals surface area (Å²) < 4.78 is 1.04. The SMILES string of the molecule is Nc1ccc2nc(NCC(=O)N3CCCCC3)sc2c1. The second kappa shape index (κ2) is 5.66. The molecule has 0 atom stereocenters. The number of amides is 1. The van der Waals surface area contributed by atoms with Crippen molar-refractivity contribution >= 4 is 38.3 Å². The first-order valence-electron chi connectivity index (χ1n) is 6.90. The summed E-state index contributed by atoms with van der Waals surface area (Å²) in [7, 11) is 0. The highest BCUT2D eigenvalue weighted by atomic mass is 32.1. The lowest BCUT2D eigenvalue weighted by molar-refractivity contribution is -0.130. The van der Waals surface area contributed by atoms with E-state index in [-0.39, 0.29) is 5.91 Å². The smallest absolute Gasteiger partial charge is 0.241 e. The van der Waals surface area contributed by atoms with Gasteiger partial charge in [0.05, 0.1) is 16.8 Å². The lowest BCUT2D eigenvalue weighted by Crippen LogP contribution is -2.39. The van der Waals surface area contributed by atoms with Gasteiger partial charge in [-0.1, -0.05) is 11.3 Å². The van der Waals surface area contributed by atoms with Crippen molar-refractivity contribution in [1.29, 1.82) is 0 Å². The summed E-state index contributed by atoms with van der Waals surface area (Å²) in [6, 6.07) is 5.65. The average molecular weight is 290 g/mol. The van der Waals surface area contributed by atoms with Crippen LogP contribution >= 0.6 is 11.3 Å². The number of aromatic nitrogens is 1. The highest BCUT2D eigenvalue weighted by Crippen LogP contribution is 2.27. The van der Waals surface area contributed by atoms with E-state index in [9.17, 15) is 4.79 Å². The quantitative estimate of drug-likeness (QED) is 0.851. The number of rotatable bonds is 3. The predicted molar refractivity (Wildman–Crippen MR) is 83.0 cm³/mol. The standard InChI is InChI=1S/C14H18N4OS/c15-10-4-5-11-12(8-10)20-14(17-11)16-9-13(19)18-6-2-1-3-7-18/h4-5,8H,1-3,6-7,9,15H2,(H,16,17). The van der Waals surface area contributed by atoms with E-state index in [0.717, 1.165) is 47.0 Å². The van der Waals surface area contributed by atoms with Crippen molar-refractivity contribution in [1.82, 2.24) is 9.88 Å². The second-order valence-corrected chi connectivity index (χ2v) is 6.07. The molecule has 1 aliphatic heterocycles. The molecule has 2 heterocycles. The fraction of sp³-hybridized carbons (Fsp3) is 0.429. The maximum atomic E-state index is 12.1. The van der Waals surface area contributed by atoms with Gasteiger partial charge in [0.15, 0.2) is 5.13 Å². The monoisotopic (exact) mass is 290 g/mol. The highest BCUT2D eigenvalue weighted by molar-refractivity contribution is 7.22. The molecule has 20 heavy (non-hydrogen) atoms. The molecule has 1 aromatic carbocycles. The third-order valence-electron chi connectivity index (χ3n) is 3.51. The molecule has 3 rings (SSSR count). The molecular weight excluding hydrogens is 272 g/mol. The van der Waals surface area contributed by atoms with Crippen LogP contribution in [0.1, 0.15) is 19.3 Å². The van der Waals surface area contributed by atoms with Gasteiger partial charge in [0.2, 0.25) is 5.91 Å². The number of piperidine rings is 1. The molecule has 1 fully saturated rings. The number of nitrogens with zero attached hydrogens (tertiary/aromatic N) is 2. The van der Waals surface area contributed by atoms with Crippen LogP contribution in [-0.4, -0.2) is 35.4 Å². The van der Waals surface area contributed by atoms with E-state index < -0.39 is 0 Å². The number of nitrogens with two attached hydrogens (primary N) is 1. The maximum absolute atomic E-state index is 12.1. The molecule has 1 saturated heterocycles. The zero-order valence-corrected chi connectivity index (χ0v) is 12.1. The van der Waals surface area contributed by atoms with Crippen LogP contribution in [0.2, 0.25) is 0 Å². The van der Waals surface area contributed by atoms with Crippen molar-refractivity contribution in [2.75, 3.05) is 30.7 Å². The van der Waals surface area contributed by atoms with Crippen LogP contribution in [0.5, 0.6) is 0 Å². The van der Waals surface area contributed by atoms with Crippen molar-refractivity contribution in [3.8, 4) is 0 Å². The van der Waals surface area contributed by atoms with Crippen LogP contribution in [0.25, 0.3) is 10.2 Å². The van der Waals surface area contributed by atoms with E-state index in [2.05, 4.69) is 10.3 Å². The number of carbonyl (C=O) groups excluding carboxylic acids is 1. The topological polar surface area (TPSA) is 71.2 Å². The van der Waals surface area contributed by atoms with Gasteiger partial charge in [-0.2, -0.15) is 0 Å². The Morgan fingerprint density at radius 3 is 2.95 bits per heavy atom. The average Bonchev–Trinajstić information content (AvgIpc) is 2.87. The Labute approximate surface area is 121 Å². The Morgan fingerprint density at radius 2 is 2.15 bits per heavy atom. The summed E-state index contributed by atoms with van der Waals surface area (Å²) in [5, 5.41) is 3.90. The zero-order chi connectivity index (χ0) is 13.9. The summed E-state index contributed by atoms with van der Waals surface area (Å²) in [6.07, 6.45) is 3.47. The number of likely N-dealkylation sites (tertiary alicyclic amines) is 1. The van der Waals surface area contributed by atoms with Crippen LogP contribution in [0.15, 0.2) is 18.2 Å². The summed E-state index contributed by atoms with van der Waals surface area (Å²) in [5.74, 6) is 0.156. The van der Waals surface area contributed by atoms with Gasteiger partial charge in [-0.15, -0.1) is 0 Å². The van der Waals surface area contributed by atoms with E-state index in [1.807, 2.05) is 23.1 Å². The predicted octanol–water partition coefficient (Wildman–Crippen LogP) is 2.30. The van der Waals surface area contributed by atoms with Crippen molar-refractivity contribution in [3.05, 3.63) is 18.2 Å². The molecule has 1 amide bonds. The van der Waals surface area contributed by atoms with Crippen molar-refractivity contribution in [2.24, 2.45) is 0 Å². The van der Waals surface area contributed by atoms with Crippen LogP contribution in [0, 0.1) is 0 Å². The summed E-state index contributed by atoms with van der Waals surface area (Å²) in [6.45, 7) is 2.09. The maximum Gasteiger partial charge on any atom is 0.241 e. The third kappa shape index (κ3) is 2.85. The Kier molecular flexibility index (Phi) is 3.73. The Bertz CT molecular complexity index is 619. The minimum Gasteiger partial charge on any atom is -0.399 e. The minimum atomic E-state index is 0.156. The van der Waals surface area contributed by atoms with E-state index in [4.69, 9.17) is 5.73 Å². The molecule has 1 aromatic heterocycles. The molecular formula is C14H18N4OS. The van der Waals surface area contributed by atoms with Gasteiger partial charge in [0.1, 0.15) is 0 Å². The Balaban J connectivity index is 1.63. The number of thiazole rings is 1. The number of anilines is 2. The van der Waals surface area contributed by atoms with Crippen LogP contribution in [-0.2, 0) is 4.79 Å². The minimum absolute atomic E-state index is 0.156. The van der Waals surface area contributed by atoms with Gasteiger partial charge >= 0.3 is 0 Å². The third-order valence-corrected chi connectivity index (χ3v) is 4.49. The fourth-order valence-corrected chi connectivity index (χ4v) is 3.33. The van der Waals surface area contributed by atoms with Crippen LogP contribution in [0.3, 0.4) is 0 Å². The van der Waals surface area contributed by atoms with Crippen LogP contribution in [0.4, 0.5) is 10.8 Å². The summed E-state index contributed by atoms with van der Waals surface area (Å²) in [5.41, 5.74) is 7.40. The van der Waals surface area contributed by atoms with E-state index in [1.165, 1.54) is 17.8 Å². The second-order valence-electron chi connectivity index (χ2n) is 5.04. The van der Waals surface area contributed by atoms with Crippen molar-refractivity contribution in [2.45, 2.75) is 19.3 Å². The molecule has 5 nitrogen and oxygen atoms in total. The summed E-state index contributed by atoms with van der Waals surface area (Å²) >= 11 is 1.53. The fourth-order valence-electron chi connectivity index (χ4n) is 2.42. The lowest BCUT2D eigenvalue weighted by Gasteiger charge is -2.26. The van der Waals surface area contributed by atoms with Gasteiger partial charge in [-0.25, -0.2) is 4.98 Å². The molecule has 1 aliphatic rings. The number of nitrogen functional groups attached to an aromatic ring is 1. The number of benzene rings is 1. The normalized spacial score (nSPS) is 15.5. The first-order chi connectivity index (χ1) is 9.72. The Hall–Kier alpha value is -1.82. The highest BCUT2D eigenvalue weighted by Gasteiger charge is 2.16. The van der Waals surface area contributed by atoms with Gasteiger partial charge in [0.25, 0.3) is 0 Å². The molecule has 6 heteroatoms. The van der Waals surface area contributed by atoms with E-state index in [1.54, 1.807) is 0 Å². The molecule has 0 unspecified atom stereocenters. The number of hydrogen-bond donors (Lipinski definition) is 2. The van der Waals surface area contributed by atoms with Gasteiger partial charge in [0, 0.05) is 18.8 Å². The molecule has 0 spiro atoms.